The number of carbonyl (C=O) groups is 1. The molecule has 0 fully saturated rings. The van der Waals surface area contributed by atoms with Crippen LogP contribution in [0.3, 0.4) is 0 Å². The van der Waals surface area contributed by atoms with Gasteiger partial charge >= 0.3 is 12.1 Å². The van der Waals surface area contributed by atoms with Crippen LogP contribution in [-0.4, -0.2) is 17.2 Å². The molecular formula is C11H10O4. The smallest absolute Gasteiger partial charge is 0.373 e. The number of rotatable bonds is 2. The highest BCUT2D eigenvalue weighted by atomic mass is 16.4. The topological polar surface area (TPSA) is 71.4 Å². The summed E-state index contributed by atoms with van der Waals surface area (Å²) in [5.41, 5.74) is 2.07. The molecule has 0 aliphatic rings. The van der Waals surface area contributed by atoms with Gasteiger partial charge in [-0.3, -0.25) is 0 Å². The lowest BCUT2D eigenvalue weighted by molar-refractivity contribution is -0.191. The zero-order chi connectivity index (χ0) is 11.7. The van der Waals surface area contributed by atoms with E-state index >= 15 is 0 Å². The van der Waals surface area contributed by atoms with Crippen LogP contribution in [0.4, 0.5) is 0 Å². The molecule has 78 valence electrons. The Hall–Kier alpha value is -2.19. The van der Waals surface area contributed by atoms with Crippen LogP contribution in [0.5, 0.6) is 0 Å². The Morgan fingerprint density at radius 1 is 1.27 bits per heavy atom. The fraction of sp³-hybridized carbons (Fsp3) is 0.0909. The molecule has 1 aromatic carbocycles. The lowest BCUT2D eigenvalue weighted by atomic mass is 10.1. The molecule has 0 amide bonds. The van der Waals surface area contributed by atoms with Crippen molar-refractivity contribution < 1.29 is 19.5 Å². The molecule has 0 heterocycles. The molecular weight excluding hydrogens is 196 g/mol. The van der Waals surface area contributed by atoms with Crippen molar-refractivity contribution in [1.29, 1.82) is 0 Å². The van der Waals surface area contributed by atoms with Gasteiger partial charge in [0.1, 0.15) is 0 Å². The van der Waals surface area contributed by atoms with Gasteiger partial charge in [-0.1, -0.05) is 29.8 Å². The van der Waals surface area contributed by atoms with Crippen molar-refractivity contribution in [2.75, 3.05) is 0 Å². The Morgan fingerprint density at radius 3 is 2.13 bits per heavy atom. The molecule has 0 atom stereocenters. The van der Waals surface area contributed by atoms with E-state index in [0.717, 1.165) is 11.6 Å². The molecule has 0 aromatic heterocycles. The quantitative estimate of drug-likeness (QED) is 0.744. The second-order valence-electron chi connectivity index (χ2n) is 2.67. The minimum absolute atomic E-state index is 0.250. The summed E-state index contributed by atoms with van der Waals surface area (Å²) in [4.78, 5) is 26.4. The number of benzene rings is 1. The molecule has 0 saturated heterocycles. The van der Waals surface area contributed by atoms with E-state index in [2.05, 4.69) is 0 Å². The molecule has 1 rings (SSSR count). The molecule has 1 N–H and O–H groups in total. The second-order valence-corrected chi connectivity index (χ2v) is 2.67. The summed E-state index contributed by atoms with van der Waals surface area (Å²) in [6.07, 6.45) is 2.95. The van der Waals surface area contributed by atoms with Crippen LogP contribution in [0, 0.1) is 6.92 Å². The number of hydrogen-bond acceptors (Lipinski definition) is 3. The van der Waals surface area contributed by atoms with Crippen LogP contribution in [0.15, 0.2) is 30.3 Å². The van der Waals surface area contributed by atoms with Crippen LogP contribution >= 0.6 is 0 Å². The van der Waals surface area contributed by atoms with Crippen molar-refractivity contribution in [3.8, 4) is 0 Å². The molecule has 15 heavy (non-hydrogen) atoms. The first-order valence-corrected chi connectivity index (χ1v) is 4.07. The van der Waals surface area contributed by atoms with Crippen molar-refractivity contribution in [2.24, 2.45) is 0 Å². The van der Waals surface area contributed by atoms with Crippen molar-refractivity contribution in [3.05, 3.63) is 41.5 Å². The first-order valence-electron chi connectivity index (χ1n) is 4.07. The standard InChI is InChI=1S/C10H10O2.CO2/c1-8-2-4-9(5-3-8)6-7-10(11)12;2-1-3/h2-7H,1H3,(H,11,12);/b7-6+;. The highest BCUT2D eigenvalue weighted by molar-refractivity contribution is 5.85. The number of hydrogen-bond donors (Lipinski definition) is 1. The zero-order valence-corrected chi connectivity index (χ0v) is 8.14. The molecule has 0 unspecified atom stereocenters. The minimum Gasteiger partial charge on any atom is -0.478 e. The largest absolute Gasteiger partial charge is 0.478 e. The summed E-state index contributed by atoms with van der Waals surface area (Å²) in [6, 6.07) is 7.66. The van der Waals surface area contributed by atoms with Gasteiger partial charge in [0.2, 0.25) is 0 Å². The predicted molar refractivity (Wildman–Crippen MR) is 52.9 cm³/mol. The third kappa shape index (κ3) is 6.93. The Balaban J connectivity index is 0.000000583. The molecule has 4 heteroatoms. The Labute approximate surface area is 86.9 Å². The molecule has 0 saturated carbocycles. The Kier molecular flexibility index (Phi) is 6.18. The van der Waals surface area contributed by atoms with E-state index in [0.29, 0.717) is 0 Å². The normalized spacial score (nSPS) is 8.87. The number of carboxylic acid groups (broad SMARTS) is 1. The lowest BCUT2D eigenvalue weighted by Gasteiger charge is -1.92. The van der Waals surface area contributed by atoms with E-state index in [1.807, 2.05) is 31.2 Å². The third-order valence-electron chi connectivity index (χ3n) is 1.50. The van der Waals surface area contributed by atoms with Gasteiger partial charge < -0.3 is 5.11 Å². The number of aliphatic carboxylic acids is 1. The monoisotopic (exact) mass is 206 g/mol. The summed E-state index contributed by atoms with van der Waals surface area (Å²) in [7, 11) is 0. The molecule has 0 aliphatic heterocycles. The van der Waals surface area contributed by atoms with Gasteiger partial charge in [0.15, 0.2) is 0 Å². The average Bonchev–Trinajstić information content (AvgIpc) is 2.18. The van der Waals surface area contributed by atoms with Gasteiger partial charge in [-0.25, -0.2) is 4.79 Å². The third-order valence-corrected chi connectivity index (χ3v) is 1.50. The van der Waals surface area contributed by atoms with Crippen LogP contribution in [0.1, 0.15) is 11.1 Å². The summed E-state index contributed by atoms with van der Waals surface area (Å²) >= 11 is 0. The molecule has 1 aromatic rings. The van der Waals surface area contributed by atoms with Gasteiger partial charge in [-0.2, -0.15) is 9.59 Å². The minimum atomic E-state index is -0.921. The average molecular weight is 206 g/mol. The van der Waals surface area contributed by atoms with Crippen LogP contribution < -0.4 is 0 Å². The van der Waals surface area contributed by atoms with Crippen molar-refractivity contribution in [3.63, 3.8) is 0 Å². The van der Waals surface area contributed by atoms with Gasteiger partial charge in [-0.05, 0) is 18.6 Å². The second kappa shape index (κ2) is 7.24. The first kappa shape index (κ1) is 12.8. The Morgan fingerprint density at radius 2 is 1.73 bits per heavy atom. The SMILES string of the molecule is Cc1ccc(/C=C/C(=O)O)cc1.O=C=O. The summed E-state index contributed by atoms with van der Waals surface area (Å²) in [5, 5.41) is 8.34. The lowest BCUT2D eigenvalue weighted by Crippen LogP contribution is -1.85. The van der Waals surface area contributed by atoms with Gasteiger partial charge in [-0.15, -0.1) is 0 Å². The van der Waals surface area contributed by atoms with Crippen molar-refractivity contribution in [2.45, 2.75) is 6.92 Å². The highest BCUT2D eigenvalue weighted by Crippen LogP contribution is 2.04. The van der Waals surface area contributed by atoms with E-state index in [4.69, 9.17) is 14.7 Å². The Bertz CT molecular complexity index is 370. The summed E-state index contributed by atoms with van der Waals surface area (Å²) in [6.45, 7) is 1.99. The van der Waals surface area contributed by atoms with E-state index in [-0.39, 0.29) is 6.15 Å². The molecule has 0 radical (unpaired) electrons. The maximum absolute atomic E-state index is 10.2. The number of carboxylic acids is 1. The van der Waals surface area contributed by atoms with E-state index in [1.165, 1.54) is 5.56 Å². The fourth-order valence-electron chi connectivity index (χ4n) is 0.845. The van der Waals surface area contributed by atoms with Crippen molar-refractivity contribution in [1.82, 2.24) is 0 Å². The maximum atomic E-state index is 10.2. The van der Waals surface area contributed by atoms with E-state index < -0.39 is 5.97 Å². The number of carbonyl (C=O) groups excluding carboxylic acids is 2. The predicted octanol–water partition coefficient (Wildman–Crippen LogP) is 1.51. The van der Waals surface area contributed by atoms with E-state index in [1.54, 1.807) is 6.08 Å². The van der Waals surface area contributed by atoms with Crippen LogP contribution in [-0.2, 0) is 14.4 Å². The molecule has 0 spiro atoms. The van der Waals surface area contributed by atoms with Gasteiger partial charge in [0.05, 0.1) is 0 Å². The number of aryl methyl sites for hydroxylation is 1. The molecule has 0 aliphatic carbocycles. The first-order chi connectivity index (χ1) is 7.10. The molecule has 4 nitrogen and oxygen atoms in total. The fourth-order valence-corrected chi connectivity index (χ4v) is 0.845. The van der Waals surface area contributed by atoms with Gasteiger partial charge in [0.25, 0.3) is 0 Å². The maximum Gasteiger partial charge on any atom is 0.373 e. The van der Waals surface area contributed by atoms with Crippen LogP contribution in [0.25, 0.3) is 6.08 Å². The van der Waals surface area contributed by atoms with Crippen LogP contribution in [0.2, 0.25) is 0 Å². The molecule has 0 bridgehead atoms. The van der Waals surface area contributed by atoms with Crippen molar-refractivity contribution >= 4 is 18.2 Å². The highest BCUT2D eigenvalue weighted by Gasteiger charge is 1.88. The summed E-state index contributed by atoms with van der Waals surface area (Å²) < 4.78 is 0. The zero-order valence-electron chi connectivity index (χ0n) is 8.14. The van der Waals surface area contributed by atoms with Gasteiger partial charge in [0, 0.05) is 6.08 Å². The van der Waals surface area contributed by atoms with E-state index in [9.17, 15) is 4.79 Å². The summed E-state index contributed by atoms with van der Waals surface area (Å²) in [5.74, 6) is -0.921.